The van der Waals surface area contributed by atoms with Crippen LogP contribution < -0.4 is 10.1 Å². The first kappa shape index (κ1) is 17.5. The summed E-state index contributed by atoms with van der Waals surface area (Å²) in [5.41, 5.74) is 4.92. The van der Waals surface area contributed by atoms with Crippen LogP contribution in [-0.4, -0.2) is 11.4 Å². The quantitative estimate of drug-likeness (QED) is 0.807. The Kier molecular flexibility index (Phi) is 5.07. The normalized spacial score (nSPS) is 15.8. The van der Waals surface area contributed by atoms with Gasteiger partial charge in [0, 0.05) is 0 Å². The van der Waals surface area contributed by atoms with E-state index in [1.807, 2.05) is 25.1 Å². The molecule has 1 fully saturated rings. The number of aromatic nitrogens is 1. The summed E-state index contributed by atoms with van der Waals surface area (Å²) in [6.45, 7) is 6.68. The molecule has 0 aliphatic heterocycles. The molecule has 0 spiro atoms. The van der Waals surface area contributed by atoms with Crippen molar-refractivity contribution in [3.05, 3.63) is 58.4 Å². The van der Waals surface area contributed by atoms with Gasteiger partial charge >= 0.3 is 0 Å². The van der Waals surface area contributed by atoms with Crippen LogP contribution in [0.3, 0.4) is 0 Å². The van der Waals surface area contributed by atoms with E-state index in [0.29, 0.717) is 6.61 Å². The molecule has 1 N–H and O–H groups in total. The van der Waals surface area contributed by atoms with Crippen LogP contribution in [0.15, 0.2) is 30.3 Å². The number of ether oxygens (including phenoxy) is 1. The summed E-state index contributed by atoms with van der Waals surface area (Å²) in [5, 5.41) is 3.06. The van der Waals surface area contributed by atoms with Crippen LogP contribution in [0, 0.1) is 20.8 Å². The van der Waals surface area contributed by atoms with Crippen LogP contribution >= 0.6 is 0 Å². The SMILES string of the molecule is Cc1nc(C2(NC=O)CCCC2)c(C)c(C)c1OCc1ccccc1. The molecule has 0 saturated heterocycles. The van der Waals surface area contributed by atoms with E-state index in [4.69, 9.17) is 9.72 Å². The molecule has 1 aromatic carbocycles. The average molecular weight is 338 g/mol. The molecule has 1 aliphatic carbocycles. The van der Waals surface area contributed by atoms with E-state index < -0.39 is 0 Å². The number of hydrogen-bond acceptors (Lipinski definition) is 3. The number of hydrogen-bond donors (Lipinski definition) is 1. The van der Waals surface area contributed by atoms with Crippen molar-refractivity contribution < 1.29 is 9.53 Å². The molecule has 25 heavy (non-hydrogen) atoms. The molecule has 1 amide bonds. The van der Waals surface area contributed by atoms with Gasteiger partial charge in [-0.1, -0.05) is 43.2 Å². The Hall–Kier alpha value is -2.36. The number of benzene rings is 1. The van der Waals surface area contributed by atoms with Crippen molar-refractivity contribution in [1.29, 1.82) is 0 Å². The van der Waals surface area contributed by atoms with Gasteiger partial charge < -0.3 is 10.1 Å². The average Bonchev–Trinajstić information content (AvgIpc) is 3.09. The third-order valence-electron chi connectivity index (χ3n) is 5.34. The first-order valence-corrected chi connectivity index (χ1v) is 8.94. The molecule has 0 atom stereocenters. The number of nitrogens with one attached hydrogen (secondary N) is 1. The van der Waals surface area contributed by atoms with Gasteiger partial charge in [-0.15, -0.1) is 0 Å². The zero-order chi connectivity index (χ0) is 17.9. The predicted molar refractivity (Wildman–Crippen MR) is 98.6 cm³/mol. The first-order chi connectivity index (χ1) is 12.1. The second-order valence-electron chi connectivity index (χ2n) is 6.95. The fraction of sp³-hybridized carbons (Fsp3) is 0.429. The summed E-state index contributed by atoms with van der Waals surface area (Å²) < 4.78 is 6.09. The third-order valence-corrected chi connectivity index (χ3v) is 5.34. The van der Waals surface area contributed by atoms with E-state index in [-0.39, 0.29) is 5.54 Å². The van der Waals surface area contributed by atoms with Gasteiger partial charge in [-0.25, -0.2) is 0 Å². The van der Waals surface area contributed by atoms with Gasteiger partial charge in [-0.2, -0.15) is 0 Å². The van der Waals surface area contributed by atoms with Crippen LogP contribution in [-0.2, 0) is 16.9 Å². The van der Waals surface area contributed by atoms with E-state index in [1.54, 1.807) is 0 Å². The molecule has 1 heterocycles. The van der Waals surface area contributed by atoms with E-state index in [9.17, 15) is 4.79 Å². The van der Waals surface area contributed by atoms with Gasteiger partial charge in [0.05, 0.1) is 16.9 Å². The van der Waals surface area contributed by atoms with E-state index in [0.717, 1.165) is 65.9 Å². The van der Waals surface area contributed by atoms with Gasteiger partial charge in [-0.3, -0.25) is 9.78 Å². The van der Waals surface area contributed by atoms with Crippen molar-refractivity contribution in [2.75, 3.05) is 0 Å². The number of pyridine rings is 1. The number of carbonyl (C=O) groups is 1. The molecule has 2 aromatic rings. The fourth-order valence-corrected chi connectivity index (χ4v) is 3.87. The smallest absolute Gasteiger partial charge is 0.207 e. The summed E-state index contributed by atoms with van der Waals surface area (Å²) in [7, 11) is 0. The minimum Gasteiger partial charge on any atom is -0.487 e. The molecule has 4 heteroatoms. The third kappa shape index (κ3) is 3.39. The largest absolute Gasteiger partial charge is 0.487 e. The fourth-order valence-electron chi connectivity index (χ4n) is 3.87. The minimum atomic E-state index is -0.320. The maximum absolute atomic E-state index is 11.2. The lowest BCUT2D eigenvalue weighted by molar-refractivity contribution is -0.111. The Morgan fingerprint density at radius 2 is 1.80 bits per heavy atom. The number of amides is 1. The Morgan fingerprint density at radius 1 is 1.12 bits per heavy atom. The van der Waals surface area contributed by atoms with Gasteiger partial charge in [0.1, 0.15) is 12.4 Å². The Morgan fingerprint density at radius 3 is 2.44 bits per heavy atom. The molecule has 0 unspecified atom stereocenters. The van der Waals surface area contributed by atoms with Gasteiger partial charge in [0.25, 0.3) is 0 Å². The standard InChI is InChI=1S/C21H26N2O2/c1-15-16(2)20(21(22-14-24)11-7-8-12-21)23-17(3)19(15)25-13-18-9-5-4-6-10-18/h4-6,9-10,14H,7-8,11-13H2,1-3H3,(H,22,24). The highest BCUT2D eigenvalue weighted by Crippen LogP contribution is 2.41. The summed E-state index contributed by atoms with van der Waals surface area (Å²) >= 11 is 0. The lowest BCUT2D eigenvalue weighted by Gasteiger charge is -2.31. The number of carbonyl (C=O) groups excluding carboxylic acids is 1. The predicted octanol–water partition coefficient (Wildman–Crippen LogP) is 4.10. The highest BCUT2D eigenvalue weighted by atomic mass is 16.5. The highest BCUT2D eigenvalue weighted by Gasteiger charge is 2.38. The van der Waals surface area contributed by atoms with Crippen molar-refractivity contribution in [3.8, 4) is 5.75 Å². The van der Waals surface area contributed by atoms with Crippen molar-refractivity contribution in [2.24, 2.45) is 0 Å². The van der Waals surface area contributed by atoms with Gasteiger partial charge in [0.15, 0.2) is 0 Å². The van der Waals surface area contributed by atoms with E-state index in [1.165, 1.54) is 0 Å². The van der Waals surface area contributed by atoms with Crippen LogP contribution in [0.2, 0.25) is 0 Å². The summed E-state index contributed by atoms with van der Waals surface area (Å²) in [6, 6.07) is 10.1. The van der Waals surface area contributed by atoms with Crippen molar-refractivity contribution in [2.45, 2.75) is 58.6 Å². The summed E-state index contributed by atoms with van der Waals surface area (Å²) in [5.74, 6) is 0.851. The zero-order valence-electron chi connectivity index (χ0n) is 15.3. The molecule has 1 saturated carbocycles. The van der Waals surface area contributed by atoms with Gasteiger partial charge in [0.2, 0.25) is 6.41 Å². The van der Waals surface area contributed by atoms with Crippen molar-refractivity contribution >= 4 is 6.41 Å². The Bertz CT molecular complexity index is 750. The highest BCUT2D eigenvalue weighted by molar-refractivity contribution is 5.52. The number of nitrogens with zero attached hydrogens (tertiary/aromatic N) is 1. The molecule has 1 aromatic heterocycles. The molecular formula is C21H26N2O2. The monoisotopic (exact) mass is 338 g/mol. The maximum atomic E-state index is 11.2. The second-order valence-corrected chi connectivity index (χ2v) is 6.95. The van der Waals surface area contributed by atoms with Crippen LogP contribution in [0.4, 0.5) is 0 Å². The van der Waals surface area contributed by atoms with Crippen molar-refractivity contribution in [1.82, 2.24) is 10.3 Å². The molecule has 0 radical (unpaired) electrons. The topological polar surface area (TPSA) is 51.2 Å². The zero-order valence-corrected chi connectivity index (χ0v) is 15.3. The van der Waals surface area contributed by atoms with E-state index in [2.05, 4.69) is 31.3 Å². The molecular weight excluding hydrogens is 312 g/mol. The van der Waals surface area contributed by atoms with Crippen LogP contribution in [0.25, 0.3) is 0 Å². The second kappa shape index (κ2) is 7.26. The molecule has 132 valence electrons. The molecule has 3 rings (SSSR count). The minimum absolute atomic E-state index is 0.320. The molecule has 0 bridgehead atoms. The summed E-state index contributed by atoms with van der Waals surface area (Å²) in [6.07, 6.45) is 4.95. The lowest BCUT2D eigenvalue weighted by atomic mass is 9.88. The number of rotatable bonds is 6. The molecule has 1 aliphatic rings. The lowest BCUT2D eigenvalue weighted by Crippen LogP contribution is -2.40. The van der Waals surface area contributed by atoms with Crippen LogP contribution in [0.1, 0.15) is 53.8 Å². The maximum Gasteiger partial charge on any atom is 0.207 e. The number of aryl methyl sites for hydroxylation is 1. The van der Waals surface area contributed by atoms with E-state index >= 15 is 0 Å². The molecule has 4 nitrogen and oxygen atoms in total. The summed E-state index contributed by atoms with van der Waals surface area (Å²) in [4.78, 5) is 16.1. The Labute approximate surface area is 149 Å². The Balaban J connectivity index is 1.92. The van der Waals surface area contributed by atoms with Crippen LogP contribution in [0.5, 0.6) is 5.75 Å². The van der Waals surface area contributed by atoms with Gasteiger partial charge in [-0.05, 0) is 50.3 Å². The first-order valence-electron chi connectivity index (χ1n) is 8.94. The van der Waals surface area contributed by atoms with Crippen molar-refractivity contribution in [3.63, 3.8) is 0 Å².